The van der Waals surface area contributed by atoms with Crippen molar-refractivity contribution in [3.63, 3.8) is 0 Å². The number of ether oxygens (including phenoxy) is 1. The Hall–Kier alpha value is -1.06. The SMILES string of the molecule is COC(=O)N1CCC(C=O)CC1. The number of nitrogens with zero attached hydrogens (tertiary/aromatic N) is 1. The van der Waals surface area contributed by atoms with Crippen molar-refractivity contribution in [3.8, 4) is 0 Å². The van der Waals surface area contributed by atoms with Crippen molar-refractivity contribution in [3.05, 3.63) is 0 Å². The average Bonchev–Trinajstić information content (AvgIpc) is 2.17. The van der Waals surface area contributed by atoms with Gasteiger partial charge in [-0.3, -0.25) is 0 Å². The van der Waals surface area contributed by atoms with E-state index in [0.717, 1.165) is 19.1 Å². The maximum absolute atomic E-state index is 11.0. The summed E-state index contributed by atoms with van der Waals surface area (Å²) >= 11 is 0. The van der Waals surface area contributed by atoms with Crippen LogP contribution in [0.1, 0.15) is 12.8 Å². The van der Waals surface area contributed by atoms with Crippen LogP contribution >= 0.6 is 0 Å². The van der Waals surface area contributed by atoms with E-state index < -0.39 is 0 Å². The van der Waals surface area contributed by atoms with E-state index in [1.807, 2.05) is 0 Å². The zero-order valence-corrected chi connectivity index (χ0v) is 7.16. The molecule has 0 atom stereocenters. The number of rotatable bonds is 1. The highest BCUT2D eigenvalue weighted by Crippen LogP contribution is 2.14. The molecule has 0 aromatic rings. The molecule has 1 aliphatic rings. The summed E-state index contributed by atoms with van der Waals surface area (Å²) in [7, 11) is 1.37. The summed E-state index contributed by atoms with van der Waals surface area (Å²) < 4.78 is 4.56. The lowest BCUT2D eigenvalue weighted by atomic mass is 9.99. The molecule has 0 aliphatic carbocycles. The van der Waals surface area contributed by atoms with Gasteiger partial charge in [0, 0.05) is 19.0 Å². The molecule has 0 aromatic heterocycles. The number of carbonyl (C=O) groups is 2. The first-order valence-electron chi connectivity index (χ1n) is 4.06. The molecule has 1 fully saturated rings. The summed E-state index contributed by atoms with van der Waals surface area (Å²) in [5.74, 6) is 0.130. The fourth-order valence-electron chi connectivity index (χ4n) is 1.35. The Bertz CT molecular complexity index is 173. The van der Waals surface area contributed by atoms with Crippen LogP contribution in [0.2, 0.25) is 0 Å². The largest absolute Gasteiger partial charge is 0.453 e. The predicted molar refractivity (Wildman–Crippen MR) is 42.8 cm³/mol. The summed E-state index contributed by atoms with van der Waals surface area (Å²) in [6.45, 7) is 1.27. The van der Waals surface area contributed by atoms with Crippen LogP contribution in [0.15, 0.2) is 0 Å². The summed E-state index contributed by atoms with van der Waals surface area (Å²) in [4.78, 5) is 23.0. The van der Waals surface area contributed by atoms with Gasteiger partial charge in [-0.2, -0.15) is 0 Å². The molecule has 0 radical (unpaired) electrons. The summed E-state index contributed by atoms with van der Waals surface area (Å²) in [5, 5.41) is 0. The molecule has 1 aliphatic heterocycles. The highest BCUT2D eigenvalue weighted by molar-refractivity contribution is 5.67. The Morgan fingerprint density at radius 1 is 1.50 bits per heavy atom. The van der Waals surface area contributed by atoms with E-state index in [-0.39, 0.29) is 12.0 Å². The highest BCUT2D eigenvalue weighted by Gasteiger charge is 2.22. The zero-order chi connectivity index (χ0) is 8.97. The monoisotopic (exact) mass is 171 g/mol. The Labute approximate surface area is 71.5 Å². The van der Waals surface area contributed by atoms with Crippen LogP contribution in [0.5, 0.6) is 0 Å². The topological polar surface area (TPSA) is 46.6 Å². The van der Waals surface area contributed by atoms with Crippen LogP contribution < -0.4 is 0 Å². The van der Waals surface area contributed by atoms with E-state index in [2.05, 4.69) is 4.74 Å². The predicted octanol–water partition coefficient (Wildman–Crippen LogP) is 0.664. The first-order chi connectivity index (χ1) is 5.77. The molecule has 0 saturated carbocycles. The van der Waals surface area contributed by atoms with E-state index in [4.69, 9.17) is 0 Å². The average molecular weight is 171 g/mol. The smallest absolute Gasteiger partial charge is 0.409 e. The van der Waals surface area contributed by atoms with Gasteiger partial charge < -0.3 is 14.4 Å². The second-order valence-corrected chi connectivity index (χ2v) is 2.93. The third kappa shape index (κ3) is 1.96. The Kier molecular flexibility index (Phi) is 3.08. The molecule has 0 spiro atoms. The Balaban J connectivity index is 2.35. The van der Waals surface area contributed by atoms with Gasteiger partial charge in [0.1, 0.15) is 6.29 Å². The molecule has 1 saturated heterocycles. The normalized spacial score (nSPS) is 18.9. The Morgan fingerprint density at radius 2 is 2.08 bits per heavy atom. The lowest BCUT2D eigenvalue weighted by Gasteiger charge is -2.28. The fraction of sp³-hybridized carbons (Fsp3) is 0.750. The van der Waals surface area contributed by atoms with E-state index in [1.165, 1.54) is 7.11 Å². The van der Waals surface area contributed by atoms with Gasteiger partial charge in [-0.15, -0.1) is 0 Å². The molecule has 1 heterocycles. The van der Waals surface area contributed by atoms with Gasteiger partial charge in [-0.05, 0) is 12.8 Å². The molecular weight excluding hydrogens is 158 g/mol. The third-order valence-corrected chi connectivity index (χ3v) is 2.16. The van der Waals surface area contributed by atoms with E-state index in [0.29, 0.717) is 13.1 Å². The van der Waals surface area contributed by atoms with Crippen LogP contribution in [-0.4, -0.2) is 37.5 Å². The molecule has 0 aromatic carbocycles. The van der Waals surface area contributed by atoms with E-state index in [1.54, 1.807) is 4.90 Å². The number of hydrogen-bond donors (Lipinski definition) is 0. The number of likely N-dealkylation sites (tertiary alicyclic amines) is 1. The lowest BCUT2D eigenvalue weighted by Crippen LogP contribution is -2.38. The van der Waals surface area contributed by atoms with Gasteiger partial charge in [-0.1, -0.05) is 0 Å². The molecule has 12 heavy (non-hydrogen) atoms. The summed E-state index contributed by atoms with van der Waals surface area (Å²) in [5.41, 5.74) is 0. The first-order valence-corrected chi connectivity index (χ1v) is 4.06. The van der Waals surface area contributed by atoms with Gasteiger partial charge in [0.2, 0.25) is 0 Å². The summed E-state index contributed by atoms with van der Waals surface area (Å²) in [6.07, 6.45) is 2.20. The van der Waals surface area contributed by atoms with Gasteiger partial charge in [0.25, 0.3) is 0 Å². The first kappa shape index (κ1) is 9.03. The zero-order valence-electron chi connectivity index (χ0n) is 7.16. The van der Waals surface area contributed by atoms with Crippen LogP contribution in [0.3, 0.4) is 0 Å². The molecule has 1 amide bonds. The Morgan fingerprint density at radius 3 is 2.50 bits per heavy atom. The van der Waals surface area contributed by atoms with Crippen LogP contribution in [-0.2, 0) is 9.53 Å². The van der Waals surface area contributed by atoms with E-state index >= 15 is 0 Å². The molecule has 0 bridgehead atoms. The minimum absolute atomic E-state index is 0.130. The van der Waals surface area contributed by atoms with Crippen LogP contribution in [0, 0.1) is 5.92 Å². The second kappa shape index (κ2) is 4.09. The minimum Gasteiger partial charge on any atom is -0.453 e. The maximum Gasteiger partial charge on any atom is 0.409 e. The molecule has 68 valence electrons. The van der Waals surface area contributed by atoms with E-state index in [9.17, 15) is 9.59 Å². The van der Waals surface area contributed by atoms with Gasteiger partial charge >= 0.3 is 6.09 Å². The number of aldehydes is 1. The number of piperidine rings is 1. The molecule has 4 heteroatoms. The third-order valence-electron chi connectivity index (χ3n) is 2.16. The minimum atomic E-state index is -0.292. The van der Waals surface area contributed by atoms with Gasteiger partial charge in [0.15, 0.2) is 0 Å². The maximum atomic E-state index is 11.0. The standard InChI is InChI=1S/C8H13NO3/c1-12-8(11)9-4-2-7(6-10)3-5-9/h6-7H,2-5H2,1H3. The van der Waals surface area contributed by atoms with Crippen molar-refractivity contribution in [2.45, 2.75) is 12.8 Å². The number of methoxy groups -OCH3 is 1. The molecule has 0 N–H and O–H groups in total. The number of carbonyl (C=O) groups excluding carboxylic acids is 2. The van der Waals surface area contributed by atoms with Crippen molar-refractivity contribution in [2.24, 2.45) is 5.92 Å². The van der Waals surface area contributed by atoms with Gasteiger partial charge in [-0.25, -0.2) is 4.79 Å². The lowest BCUT2D eigenvalue weighted by molar-refractivity contribution is -0.112. The number of hydrogen-bond acceptors (Lipinski definition) is 3. The van der Waals surface area contributed by atoms with Gasteiger partial charge in [0.05, 0.1) is 7.11 Å². The van der Waals surface area contributed by atoms with Crippen LogP contribution in [0.25, 0.3) is 0 Å². The van der Waals surface area contributed by atoms with Crippen molar-refractivity contribution >= 4 is 12.4 Å². The second-order valence-electron chi connectivity index (χ2n) is 2.93. The van der Waals surface area contributed by atoms with Crippen molar-refractivity contribution in [1.29, 1.82) is 0 Å². The fourth-order valence-corrected chi connectivity index (χ4v) is 1.35. The number of amides is 1. The molecule has 0 unspecified atom stereocenters. The summed E-state index contributed by atoms with van der Waals surface area (Å²) in [6, 6.07) is 0. The quantitative estimate of drug-likeness (QED) is 0.544. The van der Waals surface area contributed by atoms with Crippen molar-refractivity contribution < 1.29 is 14.3 Å². The van der Waals surface area contributed by atoms with Crippen LogP contribution in [0.4, 0.5) is 4.79 Å². The molecule has 4 nitrogen and oxygen atoms in total. The molecule has 1 rings (SSSR count). The van der Waals surface area contributed by atoms with Crippen molar-refractivity contribution in [1.82, 2.24) is 4.90 Å². The highest BCUT2D eigenvalue weighted by atomic mass is 16.5. The molecular formula is C8H13NO3. The van der Waals surface area contributed by atoms with Crippen molar-refractivity contribution in [2.75, 3.05) is 20.2 Å².